The van der Waals surface area contributed by atoms with Gasteiger partial charge in [0, 0.05) is 0 Å². The van der Waals surface area contributed by atoms with E-state index in [1.165, 1.54) is 62.1 Å². The van der Waals surface area contributed by atoms with Crippen molar-refractivity contribution in [3.63, 3.8) is 0 Å². The Hall–Kier alpha value is -3.58. The van der Waals surface area contributed by atoms with Gasteiger partial charge in [-0.2, -0.15) is 0 Å². The van der Waals surface area contributed by atoms with E-state index in [0.29, 0.717) is 35.7 Å². The first-order chi connectivity index (χ1) is 22.1. The van der Waals surface area contributed by atoms with Gasteiger partial charge in [0.05, 0.1) is 13.2 Å². The van der Waals surface area contributed by atoms with Crippen molar-refractivity contribution in [1.82, 2.24) is 14.7 Å². The van der Waals surface area contributed by atoms with Gasteiger partial charge >= 0.3 is 169 Å². The molecular formula is C35H48F2N5O3Se. The molecule has 3 heterocycles. The van der Waals surface area contributed by atoms with Crippen molar-refractivity contribution in [3.05, 3.63) is 59.9 Å². The van der Waals surface area contributed by atoms with Gasteiger partial charge in [0.15, 0.2) is 0 Å². The Labute approximate surface area is 277 Å². The van der Waals surface area contributed by atoms with Gasteiger partial charge in [-0.1, -0.05) is 46.3 Å². The number of nitrogens with one attached hydrogen (secondary N) is 2. The molecule has 1 amide bonds. The van der Waals surface area contributed by atoms with E-state index in [0.717, 1.165) is 11.8 Å². The van der Waals surface area contributed by atoms with Crippen molar-refractivity contribution in [2.75, 3.05) is 37.9 Å². The van der Waals surface area contributed by atoms with Crippen molar-refractivity contribution >= 4 is 42.3 Å². The molecule has 4 N–H and O–H groups in total. The Balaban J connectivity index is 0.000000373. The summed E-state index contributed by atoms with van der Waals surface area (Å²) in [4.78, 5) is 16.5. The third kappa shape index (κ3) is 9.96. The molecule has 1 aromatic carbocycles. The number of anilines is 2. The standard InChI is InChI=1S/C22H22F2N5O3Se.C11H20.C2H6/c1-22(12-32-13-22)28-20(30)14-5-6-18(31-2)16(10-14)26-7-3-4-15-11-17-19(25)27-8-9-29(17)21(15)33(23)24;1-3-11-8-6-4-5-7-10(2)9-11;1-2/h5-6,8-11,26H,7,12-13H2,1-2H3,(H2,25,27)(H,28,30);6,8,10-11H,3-5,7,9H2,1-2H3;1-2H3/b;8-6-;/t;10-,11?;/m.1./s1. The van der Waals surface area contributed by atoms with Crippen LogP contribution in [0.2, 0.25) is 0 Å². The molecule has 2 atom stereocenters. The second-order valence-electron chi connectivity index (χ2n) is 11.6. The van der Waals surface area contributed by atoms with Crippen LogP contribution < -0.4 is 25.7 Å². The molecule has 5 rings (SSSR count). The number of benzene rings is 1. The van der Waals surface area contributed by atoms with Crippen LogP contribution in [-0.4, -0.2) is 62.5 Å². The molecule has 8 nitrogen and oxygen atoms in total. The molecule has 1 fully saturated rings. The number of carbonyl (C=O) groups excluding carboxylic acids is 1. The maximum absolute atomic E-state index is 13.8. The van der Waals surface area contributed by atoms with E-state index in [9.17, 15) is 11.9 Å². The zero-order chi connectivity index (χ0) is 33.7. The van der Waals surface area contributed by atoms with Crippen LogP contribution in [0, 0.1) is 23.7 Å². The van der Waals surface area contributed by atoms with Crippen molar-refractivity contribution in [3.8, 4) is 17.6 Å². The summed E-state index contributed by atoms with van der Waals surface area (Å²) < 4.78 is 39.3. The molecule has 2 aliphatic rings. The maximum atomic E-state index is 13.8. The number of carbonyl (C=O) groups is 1. The fourth-order valence-corrected chi connectivity index (χ4v) is 6.55. The van der Waals surface area contributed by atoms with Gasteiger partial charge < -0.3 is 4.74 Å². The molecule has 1 unspecified atom stereocenters. The molecule has 1 radical (unpaired) electrons. The summed E-state index contributed by atoms with van der Waals surface area (Å²) in [5.74, 6) is 7.95. The van der Waals surface area contributed by atoms with Crippen LogP contribution in [0.1, 0.15) is 82.6 Å². The van der Waals surface area contributed by atoms with Gasteiger partial charge in [-0.3, -0.25) is 0 Å². The summed E-state index contributed by atoms with van der Waals surface area (Å²) in [6.45, 7) is 11.7. The summed E-state index contributed by atoms with van der Waals surface area (Å²) >= 11 is -4.02. The van der Waals surface area contributed by atoms with E-state index in [2.05, 4.69) is 53.5 Å². The van der Waals surface area contributed by atoms with E-state index in [-0.39, 0.29) is 34.0 Å². The van der Waals surface area contributed by atoms with Crippen molar-refractivity contribution < 1.29 is 21.4 Å². The van der Waals surface area contributed by atoms with Crippen LogP contribution in [0.3, 0.4) is 0 Å². The van der Waals surface area contributed by atoms with E-state index >= 15 is 0 Å². The van der Waals surface area contributed by atoms with Crippen LogP contribution in [0.5, 0.6) is 5.75 Å². The Morgan fingerprint density at radius 1 is 1.28 bits per heavy atom. The van der Waals surface area contributed by atoms with Crippen LogP contribution in [0.4, 0.5) is 18.6 Å². The zero-order valence-electron chi connectivity index (χ0n) is 27.8. The van der Waals surface area contributed by atoms with E-state index in [4.69, 9.17) is 15.2 Å². The van der Waals surface area contributed by atoms with E-state index in [1.807, 2.05) is 20.8 Å². The molecule has 0 saturated carbocycles. The van der Waals surface area contributed by atoms with Gasteiger partial charge in [0.1, 0.15) is 0 Å². The Morgan fingerprint density at radius 2 is 2.04 bits per heavy atom. The van der Waals surface area contributed by atoms with Crippen LogP contribution >= 0.6 is 0 Å². The molecule has 2 aromatic heterocycles. The second kappa shape index (κ2) is 17.9. The van der Waals surface area contributed by atoms with Gasteiger partial charge in [-0.05, 0) is 44.4 Å². The number of aromatic nitrogens is 2. The monoisotopic (exact) mass is 704 g/mol. The third-order valence-electron chi connectivity index (χ3n) is 7.84. The van der Waals surface area contributed by atoms with Crippen molar-refractivity contribution in [1.29, 1.82) is 0 Å². The number of rotatable bonds is 7. The van der Waals surface area contributed by atoms with Crippen LogP contribution in [0.15, 0.2) is 48.8 Å². The average molecular weight is 704 g/mol. The molecule has 46 heavy (non-hydrogen) atoms. The quantitative estimate of drug-likeness (QED) is 0.151. The minimum absolute atomic E-state index is 0.115. The van der Waals surface area contributed by atoms with Crippen LogP contribution in [0.25, 0.3) is 5.52 Å². The van der Waals surface area contributed by atoms with Gasteiger partial charge in [-0.25, -0.2) is 0 Å². The van der Waals surface area contributed by atoms with Crippen molar-refractivity contribution in [2.45, 2.75) is 72.3 Å². The number of amides is 1. The topological polar surface area (TPSA) is 103 Å². The molecule has 0 bridgehead atoms. The predicted molar refractivity (Wildman–Crippen MR) is 184 cm³/mol. The number of ether oxygens (including phenoxy) is 2. The second-order valence-corrected chi connectivity index (χ2v) is 13.3. The first kappa shape index (κ1) is 36.9. The zero-order valence-corrected chi connectivity index (χ0v) is 29.5. The Bertz CT molecular complexity index is 1530. The molecular weight excluding hydrogens is 655 g/mol. The van der Waals surface area contributed by atoms with E-state index in [1.54, 1.807) is 18.2 Å². The van der Waals surface area contributed by atoms with Gasteiger partial charge in [0.25, 0.3) is 0 Å². The van der Waals surface area contributed by atoms with Crippen LogP contribution in [-0.2, 0) is 4.74 Å². The molecule has 1 saturated heterocycles. The fourth-order valence-electron chi connectivity index (χ4n) is 5.33. The third-order valence-corrected chi connectivity index (χ3v) is 9.33. The number of hydrogen-bond donors (Lipinski definition) is 3. The fraction of sp³-hybridized carbons (Fsp3) is 0.486. The number of halogens is 2. The summed E-state index contributed by atoms with van der Waals surface area (Å²) in [5, 5.41) is 6.04. The first-order valence-corrected chi connectivity index (χ1v) is 18.1. The van der Waals surface area contributed by atoms with Gasteiger partial charge in [-0.15, -0.1) is 0 Å². The molecule has 251 valence electrons. The molecule has 1 aliphatic heterocycles. The normalized spacial score (nSPS) is 19.0. The summed E-state index contributed by atoms with van der Waals surface area (Å²) in [5.41, 5.74) is 7.08. The number of methoxy groups -OCH3 is 1. The number of allylic oxidation sites excluding steroid dienone is 2. The number of fused-ring (bicyclic) bond motifs is 1. The summed E-state index contributed by atoms with van der Waals surface area (Å²) in [6, 6.07) is 6.53. The summed E-state index contributed by atoms with van der Waals surface area (Å²) in [7, 11) is 1.52. The van der Waals surface area contributed by atoms with Gasteiger partial charge in [0.2, 0.25) is 0 Å². The average Bonchev–Trinajstić information content (AvgIpc) is 3.41. The SMILES string of the molecule is CC.CCC1/C=C\CCC[C@@H](C)C1.COc1ccc(C(=O)NC2(C)COC2)cc1NCC#Cc1cc2c(N)nccn2c1[Se](F)F. The molecule has 11 heteroatoms. The molecule has 1 aliphatic carbocycles. The predicted octanol–water partition coefficient (Wildman–Crippen LogP) is 6.35. The van der Waals surface area contributed by atoms with Crippen molar-refractivity contribution in [2.24, 2.45) is 11.8 Å². The van der Waals surface area contributed by atoms with E-state index < -0.39 is 14.8 Å². The minimum atomic E-state index is -4.02. The number of hydrogen-bond acceptors (Lipinski definition) is 6. The molecule has 0 spiro atoms. The first-order valence-electron chi connectivity index (χ1n) is 15.9. The Morgan fingerprint density at radius 3 is 2.70 bits per heavy atom. The Kier molecular flexibility index (Phi) is 14.4. The number of nitrogen functional groups attached to an aromatic ring is 1. The number of nitrogens with zero attached hydrogens (tertiary/aromatic N) is 2. The number of nitrogens with two attached hydrogens (primary N) is 1. The molecule has 3 aromatic rings. The summed E-state index contributed by atoms with van der Waals surface area (Å²) in [6.07, 6.45) is 14.5.